The molecule has 1 aromatic rings. The standard InChI is InChI=1S/C8H10N6O/c9-14-12-4-1-3-10-8(15)7-2-5-11-13-6-7/h2,5-6H,1,3-4H2,(H,10,15). The van der Waals surface area contributed by atoms with Gasteiger partial charge in [-0.15, -0.1) is 0 Å². The average Bonchev–Trinajstić information content (AvgIpc) is 2.30. The lowest BCUT2D eigenvalue weighted by Crippen LogP contribution is -2.24. The van der Waals surface area contributed by atoms with Crippen molar-refractivity contribution in [3.05, 3.63) is 34.5 Å². The molecule has 1 N–H and O–H groups in total. The van der Waals surface area contributed by atoms with E-state index in [0.717, 1.165) is 0 Å². The van der Waals surface area contributed by atoms with Crippen LogP contribution in [-0.2, 0) is 0 Å². The number of hydrogen-bond acceptors (Lipinski definition) is 4. The molecule has 0 atom stereocenters. The highest BCUT2D eigenvalue weighted by Crippen LogP contribution is 1.93. The van der Waals surface area contributed by atoms with Gasteiger partial charge in [0.15, 0.2) is 0 Å². The third kappa shape index (κ3) is 4.06. The molecule has 7 nitrogen and oxygen atoms in total. The van der Waals surface area contributed by atoms with Gasteiger partial charge in [-0.1, -0.05) is 5.11 Å². The van der Waals surface area contributed by atoms with Crippen molar-refractivity contribution in [3.63, 3.8) is 0 Å². The highest BCUT2D eigenvalue weighted by Gasteiger charge is 2.03. The van der Waals surface area contributed by atoms with E-state index in [1.54, 1.807) is 6.07 Å². The van der Waals surface area contributed by atoms with Crippen LogP contribution in [0.4, 0.5) is 0 Å². The molecule has 0 aliphatic carbocycles. The molecule has 7 heteroatoms. The Morgan fingerprint density at radius 2 is 2.47 bits per heavy atom. The minimum atomic E-state index is -0.203. The van der Waals surface area contributed by atoms with Gasteiger partial charge in [-0.2, -0.15) is 10.2 Å². The molecule has 78 valence electrons. The molecule has 1 heterocycles. The molecule has 0 spiro atoms. The van der Waals surface area contributed by atoms with E-state index in [1.165, 1.54) is 12.4 Å². The number of hydrogen-bond donors (Lipinski definition) is 1. The number of rotatable bonds is 5. The van der Waals surface area contributed by atoms with E-state index in [2.05, 4.69) is 25.5 Å². The number of nitrogens with one attached hydrogen (secondary N) is 1. The van der Waals surface area contributed by atoms with Crippen molar-refractivity contribution in [1.29, 1.82) is 0 Å². The maximum Gasteiger partial charge on any atom is 0.252 e. The lowest BCUT2D eigenvalue weighted by atomic mass is 10.3. The van der Waals surface area contributed by atoms with Gasteiger partial charge in [0, 0.05) is 18.0 Å². The number of carbonyl (C=O) groups is 1. The van der Waals surface area contributed by atoms with Crippen molar-refractivity contribution in [3.8, 4) is 0 Å². The van der Waals surface area contributed by atoms with E-state index in [9.17, 15) is 4.79 Å². The molecular formula is C8H10N6O. The molecule has 0 aliphatic rings. The molecule has 1 amide bonds. The van der Waals surface area contributed by atoms with Gasteiger partial charge in [-0.25, -0.2) is 0 Å². The van der Waals surface area contributed by atoms with Crippen molar-refractivity contribution in [2.24, 2.45) is 5.11 Å². The zero-order valence-electron chi connectivity index (χ0n) is 8.00. The second-order valence-corrected chi connectivity index (χ2v) is 2.70. The van der Waals surface area contributed by atoms with Gasteiger partial charge in [-0.05, 0) is 18.0 Å². The van der Waals surface area contributed by atoms with Gasteiger partial charge < -0.3 is 5.32 Å². The maximum atomic E-state index is 11.4. The number of amides is 1. The molecule has 15 heavy (non-hydrogen) atoms. The first-order valence-corrected chi connectivity index (χ1v) is 4.40. The fourth-order valence-corrected chi connectivity index (χ4v) is 0.923. The second-order valence-electron chi connectivity index (χ2n) is 2.70. The average molecular weight is 206 g/mol. The van der Waals surface area contributed by atoms with E-state index in [0.29, 0.717) is 25.1 Å². The fourth-order valence-electron chi connectivity index (χ4n) is 0.923. The van der Waals surface area contributed by atoms with Gasteiger partial charge in [0.2, 0.25) is 0 Å². The fraction of sp³-hybridized carbons (Fsp3) is 0.375. The summed E-state index contributed by atoms with van der Waals surface area (Å²) in [5, 5.41) is 13.2. The molecular weight excluding hydrogens is 196 g/mol. The molecule has 0 aromatic carbocycles. The summed E-state index contributed by atoms with van der Waals surface area (Å²) in [4.78, 5) is 14.0. The van der Waals surface area contributed by atoms with E-state index < -0.39 is 0 Å². The first kappa shape index (κ1) is 10.9. The lowest BCUT2D eigenvalue weighted by molar-refractivity contribution is 0.0953. The predicted molar refractivity (Wildman–Crippen MR) is 53.0 cm³/mol. The minimum Gasteiger partial charge on any atom is -0.352 e. The Kier molecular flexibility index (Phi) is 4.62. The van der Waals surface area contributed by atoms with Crippen LogP contribution in [0.3, 0.4) is 0 Å². The van der Waals surface area contributed by atoms with Crippen molar-refractivity contribution < 1.29 is 4.79 Å². The van der Waals surface area contributed by atoms with Crippen LogP contribution >= 0.6 is 0 Å². The zero-order chi connectivity index (χ0) is 10.9. The van der Waals surface area contributed by atoms with Crippen molar-refractivity contribution in [2.75, 3.05) is 13.1 Å². The van der Waals surface area contributed by atoms with Crippen LogP contribution in [-0.4, -0.2) is 29.2 Å². The van der Waals surface area contributed by atoms with Crippen molar-refractivity contribution in [1.82, 2.24) is 15.5 Å². The van der Waals surface area contributed by atoms with Crippen LogP contribution in [0, 0.1) is 0 Å². The second kappa shape index (κ2) is 6.33. The number of carbonyl (C=O) groups excluding carboxylic acids is 1. The van der Waals surface area contributed by atoms with Gasteiger partial charge in [0.1, 0.15) is 0 Å². The van der Waals surface area contributed by atoms with Crippen LogP contribution in [0.5, 0.6) is 0 Å². The summed E-state index contributed by atoms with van der Waals surface area (Å²) in [5.41, 5.74) is 8.48. The molecule has 0 aliphatic heterocycles. The maximum absolute atomic E-state index is 11.4. The molecule has 0 fully saturated rings. The third-order valence-corrected chi connectivity index (χ3v) is 1.63. The van der Waals surface area contributed by atoms with E-state index >= 15 is 0 Å². The van der Waals surface area contributed by atoms with Crippen LogP contribution in [0.2, 0.25) is 0 Å². The van der Waals surface area contributed by atoms with Crippen molar-refractivity contribution >= 4 is 5.91 Å². The van der Waals surface area contributed by atoms with Crippen LogP contribution in [0.1, 0.15) is 16.8 Å². The molecule has 0 saturated carbocycles. The van der Waals surface area contributed by atoms with Gasteiger partial charge >= 0.3 is 0 Å². The quantitative estimate of drug-likeness (QED) is 0.335. The molecule has 0 bridgehead atoms. The summed E-state index contributed by atoms with van der Waals surface area (Å²) in [7, 11) is 0. The van der Waals surface area contributed by atoms with Crippen LogP contribution < -0.4 is 5.32 Å². The van der Waals surface area contributed by atoms with E-state index in [-0.39, 0.29) is 5.91 Å². The number of nitrogens with zero attached hydrogens (tertiary/aromatic N) is 5. The Labute approximate surface area is 86.1 Å². The largest absolute Gasteiger partial charge is 0.352 e. The minimum absolute atomic E-state index is 0.203. The highest BCUT2D eigenvalue weighted by atomic mass is 16.1. The Morgan fingerprint density at radius 3 is 3.13 bits per heavy atom. The van der Waals surface area contributed by atoms with Gasteiger partial charge in [0.05, 0.1) is 18.0 Å². The Morgan fingerprint density at radius 1 is 1.60 bits per heavy atom. The lowest BCUT2D eigenvalue weighted by Gasteiger charge is -2.02. The molecule has 1 rings (SSSR count). The summed E-state index contributed by atoms with van der Waals surface area (Å²) < 4.78 is 0. The van der Waals surface area contributed by atoms with E-state index in [4.69, 9.17) is 5.53 Å². The SMILES string of the molecule is [N-]=[N+]=NCCCNC(=O)c1ccnnc1. The van der Waals surface area contributed by atoms with Crippen LogP contribution in [0.25, 0.3) is 10.4 Å². The number of aromatic nitrogens is 2. The Bertz CT molecular complexity index is 359. The summed E-state index contributed by atoms with van der Waals surface area (Å²) in [5.74, 6) is -0.203. The van der Waals surface area contributed by atoms with Crippen LogP contribution in [0.15, 0.2) is 23.6 Å². The molecule has 1 aromatic heterocycles. The third-order valence-electron chi connectivity index (χ3n) is 1.63. The summed E-state index contributed by atoms with van der Waals surface area (Å²) in [6.07, 6.45) is 3.46. The first-order valence-electron chi connectivity index (χ1n) is 4.40. The van der Waals surface area contributed by atoms with Crippen molar-refractivity contribution in [2.45, 2.75) is 6.42 Å². The summed E-state index contributed by atoms with van der Waals surface area (Å²) in [6, 6.07) is 1.58. The first-order chi connectivity index (χ1) is 7.34. The Balaban J connectivity index is 2.28. The van der Waals surface area contributed by atoms with E-state index in [1.807, 2.05) is 0 Å². The topological polar surface area (TPSA) is 104 Å². The molecule has 0 radical (unpaired) electrons. The highest BCUT2D eigenvalue weighted by molar-refractivity contribution is 5.93. The van der Waals surface area contributed by atoms with Gasteiger partial charge in [-0.3, -0.25) is 4.79 Å². The smallest absolute Gasteiger partial charge is 0.252 e. The molecule has 0 saturated heterocycles. The molecule has 0 unspecified atom stereocenters. The Hall–Kier alpha value is -2.14. The monoisotopic (exact) mass is 206 g/mol. The normalized spacial score (nSPS) is 9.07. The summed E-state index contributed by atoms with van der Waals surface area (Å²) in [6.45, 7) is 0.853. The van der Waals surface area contributed by atoms with Gasteiger partial charge in [0.25, 0.3) is 5.91 Å². The predicted octanol–water partition coefficient (Wildman–Crippen LogP) is 0.907. The zero-order valence-corrected chi connectivity index (χ0v) is 8.00. The summed E-state index contributed by atoms with van der Waals surface area (Å²) >= 11 is 0. The number of azide groups is 1.